The zero-order valence-electron chi connectivity index (χ0n) is 16.2. The SMILES string of the molecule is C[C@H](Sc1nc2cc(Cl)ccc2c(=O)n1C1CCCCC1)C(=O)N1CCCC1. The highest BCUT2D eigenvalue weighted by Crippen LogP contribution is 2.33. The lowest BCUT2D eigenvalue weighted by Crippen LogP contribution is -2.35. The quantitative estimate of drug-likeness (QED) is 0.534. The number of carbonyl (C=O) groups excluding carboxylic acids is 1. The van der Waals surface area contributed by atoms with Crippen LogP contribution in [-0.4, -0.2) is 38.7 Å². The van der Waals surface area contributed by atoms with Crippen LogP contribution in [0.5, 0.6) is 0 Å². The Hall–Kier alpha value is -1.53. The van der Waals surface area contributed by atoms with E-state index in [9.17, 15) is 9.59 Å². The summed E-state index contributed by atoms with van der Waals surface area (Å²) >= 11 is 7.55. The first-order valence-electron chi connectivity index (χ1n) is 10.2. The Morgan fingerprint density at radius 2 is 1.89 bits per heavy atom. The van der Waals surface area contributed by atoms with Crippen molar-refractivity contribution in [3.63, 3.8) is 0 Å². The Bertz CT molecular complexity index is 933. The lowest BCUT2D eigenvalue weighted by molar-refractivity contribution is -0.129. The molecule has 0 radical (unpaired) electrons. The van der Waals surface area contributed by atoms with Crippen molar-refractivity contribution < 1.29 is 4.79 Å². The van der Waals surface area contributed by atoms with Crippen LogP contribution in [0.3, 0.4) is 0 Å². The second kappa shape index (κ2) is 8.46. The third kappa shape index (κ3) is 3.94. The maximum atomic E-state index is 13.3. The van der Waals surface area contributed by atoms with Crippen molar-refractivity contribution in [2.45, 2.75) is 68.3 Å². The molecule has 2 aromatic rings. The highest BCUT2D eigenvalue weighted by molar-refractivity contribution is 8.00. The predicted molar refractivity (Wildman–Crippen MR) is 114 cm³/mol. The summed E-state index contributed by atoms with van der Waals surface area (Å²) in [4.78, 5) is 32.9. The molecule has 1 saturated carbocycles. The van der Waals surface area contributed by atoms with Gasteiger partial charge in [0.15, 0.2) is 5.16 Å². The van der Waals surface area contributed by atoms with E-state index < -0.39 is 0 Å². The van der Waals surface area contributed by atoms with E-state index in [0.717, 1.165) is 51.6 Å². The molecule has 150 valence electrons. The number of aromatic nitrogens is 2. The number of thioether (sulfide) groups is 1. The van der Waals surface area contributed by atoms with Crippen LogP contribution in [-0.2, 0) is 4.79 Å². The molecule has 2 aliphatic rings. The molecular formula is C21H26ClN3O2S. The van der Waals surface area contributed by atoms with E-state index in [4.69, 9.17) is 16.6 Å². The van der Waals surface area contributed by atoms with Gasteiger partial charge in [0.05, 0.1) is 16.2 Å². The van der Waals surface area contributed by atoms with E-state index in [1.807, 2.05) is 16.4 Å². The van der Waals surface area contributed by atoms with E-state index in [1.54, 1.807) is 18.2 Å². The molecule has 1 saturated heterocycles. The van der Waals surface area contributed by atoms with Gasteiger partial charge in [0, 0.05) is 24.2 Å². The monoisotopic (exact) mass is 419 g/mol. The van der Waals surface area contributed by atoms with Gasteiger partial charge in [-0.25, -0.2) is 4.98 Å². The minimum absolute atomic E-state index is 0.0168. The fourth-order valence-corrected chi connectivity index (χ4v) is 5.53. The molecule has 1 aliphatic heterocycles. The summed E-state index contributed by atoms with van der Waals surface area (Å²) in [5.74, 6) is 0.137. The Morgan fingerprint density at radius 1 is 1.18 bits per heavy atom. The number of fused-ring (bicyclic) bond motifs is 1. The lowest BCUT2D eigenvalue weighted by atomic mass is 9.95. The van der Waals surface area contributed by atoms with E-state index in [-0.39, 0.29) is 22.8 Å². The number of benzene rings is 1. The molecule has 1 aliphatic carbocycles. The molecule has 0 N–H and O–H groups in total. The summed E-state index contributed by atoms with van der Waals surface area (Å²) < 4.78 is 1.85. The van der Waals surface area contributed by atoms with Crippen LogP contribution < -0.4 is 5.56 Å². The average molecular weight is 420 g/mol. The van der Waals surface area contributed by atoms with E-state index in [0.29, 0.717) is 21.1 Å². The molecular weight excluding hydrogens is 394 g/mol. The summed E-state index contributed by atoms with van der Waals surface area (Å²) in [6.45, 7) is 3.59. The zero-order valence-corrected chi connectivity index (χ0v) is 17.8. The van der Waals surface area contributed by atoms with E-state index in [1.165, 1.54) is 18.2 Å². The number of halogens is 1. The number of rotatable bonds is 4. The Morgan fingerprint density at radius 3 is 2.61 bits per heavy atom. The Labute approximate surface area is 174 Å². The van der Waals surface area contributed by atoms with Gasteiger partial charge < -0.3 is 4.90 Å². The third-order valence-electron chi connectivity index (χ3n) is 5.82. The minimum Gasteiger partial charge on any atom is -0.342 e. The van der Waals surface area contributed by atoms with Crippen molar-refractivity contribution in [3.05, 3.63) is 33.6 Å². The molecule has 7 heteroatoms. The van der Waals surface area contributed by atoms with Crippen molar-refractivity contribution in [3.8, 4) is 0 Å². The molecule has 0 bridgehead atoms. The molecule has 1 aromatic carbocycles. The number of nitrogens with zero attached hydrogens (tertiary/aromatic N) is 3. The molecule has 2 heterocycles. The molecule has 5 nitrogen and oxygen atoms in total. The van der Waals surface area contributed by atoms with Gasteiger partial charge in [0.25, 0.3) is 5.56 Å². The Balaban J connectivity index is 1.73. The summed E-state index contributed by atoms with van der Waals surface area (Å²) in [6, 6.07) is 5.40. The lowest BCUT2D eigenvalue weighted by Gasteiger charge is -2.27. The topological polar surface area (TPSA) is 55.2 Å². The van der Waals surface area contributed by atoms with Crippen LogP contribution in [0.1, 0.15) is 57.9 Å². The maximum absolute atomic E-state index is 13.3. The molecule has 1 atom stereocenters. The third-order valence-corrected chi connectivity index (χ3v) is 7.11. The highest BCUT2D eigenvalue weighted by atomic mass is 35.5. The average Bonchev–Trinajstić information content (AvgIpc) is 3.22. The van der Waals surface area contributed by atoms with Crippen LogP contribution in [0.4, 0.5) is 0 Å². The van der Waals surface area contributed by atoms with Crippen molar-refractivity contribution in [2.24, 2.45) is 0 Å². The van der Waals surface area contributed by atoms with Gasteiger partial charge in [-0.1, -0.05) is 42.6 Å². The van der Waals surface area contributed by atoms with Gasteiger partial charge in [0.2, 0.25) is 5.91 Å². The number of hydrogen-bond donors (Lipinski definition) is 0. The van der Waals surface area contributed by atoms with Crippen molar-refractivity contribution in [1.29, 1.82) is 0 Å². The normalized spacial score (nSPS) is 19.3. The van der Waals surface area contributed by atoms with Crippen LogP contribution in [0.2, 0.25) is 5.02 Å². The summed E-state index contributed by atoms with van der Waals surface area (Å²) in [6.07, 6.45) is 7.59. The fourth-order valence-electron chi connectivity index (χ4n) is 4.30. The molecule has 4 rings (SSSR count). The smallest absolute Gasteiger partial charge is 0.262 e. The van der Waals surface area contributed by atoms with Crippen LogP contribution in [0.15, 0.2) is 28.2 Å². The van der Waals surface area contributed by atoms with Gasteiger partial charge in [0.1, 0.15) is 0 Å². The van der Waals surface area contributed by atoms with Crippen molar-refractivity contribution >= 4 is 40.2 Å². The molecule has 0 unspecified atom stereocenters. The largest absolute Gasteiger partial charge is 0.342 e. The number of carbonyl (C=O) groups is 1. The summed E-state index contributed by atoms with van der Waals surface area (Å²) in [5.41, 5.74) is 0.588. The Kier molecular flexibility index (Phi) is 5.97. The van der Waals surface area contributed by atoms with Crippen LogP contribution in [0, 0.1) is 0 Å². The highest BCUT2D eigenvalue weighted by Gasteiger charge is 2.28. The van der Waals surface area contributed by atoms with Gasteiger partial charge in [-0.05, 0) is 50.8 Å². The van der Waals surface area contributed by atoms with Crippen LogP contribution in [0.25, 0.3) is 10.9 Å². The standard InChI is InChI=1S/C21H26ClN3O2S/c1-14(19(26)24-11-5-6-12-24)28-21-23-18-13-15(22)9-10-17(18)20(27)25(21)16-7-3-2-4-8-16/h9-10,13-14,16H,2-8,11-12H2,1H3/t14-/m0/s1. The van der Waals surface area contributed by atoms with Gasteiger partial charge in [-0.15, -0.1) is 0 Å². The van der Waals surface area contributed by atoms with Gasteiger partial charge in [-0.3, -0.25) is 14.2 Å². The molecule has 1 amide bonds. The number of hydrogen-bond acceptors (Lipinski definition) is 4. The van der Waals surface area contributed by atoms with Gasteiger partial charge in [-0.2, -0.15) is 0 Å². The maximum Gasteiger partial charge on any atom is 0.262 e. The molecule has 28 heavy (non-hydrogen) atoms. The van der Waals surface area contributed by atoms with E-state index >= 15 is 0 Å². The zero-order chi connectivity index (χ0) is 19.7. The molecule has 0 spiro atoms. The predicted octanol–water partition coefficient (Wildman–Crippen LogP) is 4.66. The van der Waals surface area contributed by atoms with Crippen molar-refractivity contribution in [2.75, 3.05) is 13.1 Å². The second-order valence-corrected chi connectivity index (χ2v) is 9.56. The van der Waals surface area contributed by atoms with E-state index in [2.05, 4.69) is 0 Å². The first-order chi connectivity index (χ1) is 13.5. The first kappa shape index (κ1) is 19.8. The van der Waals surface area contributed by atoms with Crippen molar-refractivity contribution in [1.82, 2.24) is 14.5 Å². The summed E-state index contributed by atoms with van der Waals surface area (Å²) in [5, 5.41) is 1.54. The first-order valence-corrected chi connectivity index (χ1v) is 11.5. The minimum atomic E-state index is -0.267. The summed E-state index contributed by atoms with van der Waals surface area (Å²) in [7, 11) is 0. The van der Waals surface area contributed by atoms with Crippen LogP contribution >= 0.6 is 23.4 Å². The molecule has 2 fully saturated rings. The number of amides is 1. The van der Waals surface area contributed by atoms with Gasteiger partial charge >= 0.3 is 0 Å². The molecule has 1 aromatic heterocycles. The fraction of sp³-hybridized carbons (Fsp3) is 0.571. The number of likely N-dealkylation sites (tertiary alicyclic amines) is 1. The second-order valence-electron chi connectivity index (χ2n) is 7.82.